The number of pyridine rings is 1. The van der Waals surface area contributed by atoms with Crippen LogP contribution in [0, 0.1) is 6.92 Å². The summed E-state index contributed by atoms with van der Waals surface area (Å²) in [5, 5.41) is 3.61. The maximum Gasteiger partial charge on any atom is 0.229 e. The molecular weight excluding hydrogens is 362 g/mol. The van der Waals surface area contributed by atoms with E-state index in [9.17, 15) is 4.79 Å². The van der Waals surface area contributed by atoms with Crippen molar-refractivity contribution in [1.29, 1.82) is 0 Å². The highest BCUT2D eigenvalue weighted by Crippen LogP contribution is 2.30. The molecule has 1 amide bonds. The summed E-state index contributed by atoms with van der Waals surface area (Å²) in [4.78, 5) is 21.0. The van der Waals surface area contributed by atoms with Gasteiger partial charge >= 0.3 is 0 Å². The Morgan fingerprint density at radius 3 is 2.70 bits per heavy atom. The van der Waals surface area contributed by atoms with E-state index in [2.05, 4.69) is 15.3 Å². The maximum atomic E-state index is 12.4. The van der Waals surface area contributed by atoms with Crippen LogP contribution in [0.3, 0.4) is 0 Å². The Hall–Kier alpha value is -3.18. The zero-order valence-corrected chi connectivity index (χ0v) is 15.3. The molecule has 0 saturated heterocycles. The van der Waals surface area contributed by atoms with E-state index < -0.39 is 0 Å². The van der Waals surface area contributed by atoms with E-state index in [1.165, 1.54) is 0 Å². The third-order valence-corrected chi connectivity index (χ3v) is 4.53. The Kier molecular flexibility index (Phi) is 4.60. The summed E-state index contributed by atoms with van der Waals surface area (Å²) in [5.74, 6) is 0.381. The number of carbonyl (C=O) groups is 1. The molecule has 4 rings (SSSR count). The molecule has 134 valence electrons. The number of fused-ring (bicyclic) bond motifs is 1. The molecule has 0 unspecified atom stereocenters. The van der Waals surface area contributed by atoms with Crippen molar-refractivity contribution in [3.05, 3.63) is 76.9 Å². The minimum Gasteiger partial charge on any atom is -0.434 e. The number of nitrogens with one attached hydrogen (secondary N) is 1. The fourth-order valence-electron chi connectivity index (χ4n) is 2.87. The van der Waals surface area contributed by atoms with E-state index in [1.807, 2.05) is 43.3 Å². The largest absolute Gasteiger partial charge is 0.434 e. The second-order valence-corrected chi connectivity index (χ2v) is 6.61. The van der Waals surface area contributed by atoms with Crippen LogP contribution in [0.4, 0.5) is 5.69 Å². The number of oxazole rings is 1. The summed E-state index contributed by atoms with van der Waals surface area (Å²) >= 11 is 5.88. The first-order chi connectivity index (χ1) is 13.1. The van der Waals surface area contributed by atoms with Crippen LogP contribution in [0.5, 0.6) is 0 Å². The van der Waals surface area contributed by atoms with Gasteiger partial charge < -0.3 is 9.73 Å². The third kappa shape index (κ3) is 3.68. The van der Waals surface area contributed by atoms with Gasteiger partial charge in [0.25, 0.3) is 0 Å². The highest BCUT2D eigenvalue weighted by atomic mass is 35.5. The molecule has 2 aromatic carbocycles. The summed E-state index contributed by atoms with van der Waals surface area (Å²) in [6.45, 7) is 1.93. The summed E-state index contributed by atoms with van der Waals surface area (Å²) in [7, 11) is 0. The van der Waals surface area contributed by atoms with Gasteiger partial charge in [-0.3, -0.25) is 4.79 Å². The third-order valence-electron chi connectivity index (χ3n) is 4.28. The summed E-state index contributed by atoms with van der Waals surface area (Å²) < 4.78 is 5.80. The molecule has 0 aliphatic heterocycles. The average Bonchev–Trinajstić information content (AvgIpc) is 3.09. The van der Waals surface area contributed by atoms with Gasteiger partial charge in [-0.05, 0) is 54.4 Å². The lowest BCUT2D eigenvalue weighted by Crippen LogP contribution is -2.15. The topological polar surface area (TPSA) is 68.0 Å². The second-order valence-electron chi connectivity index (χ2n) is 6.17. The lowest BCUT2D eigenvalue weighted by molar-refractivity contribution is -0.115. The molecule has 27 heavy (non-hydrogen) atoms. The summed E-state index contributed by atoms with van der Waals surface area (Å²) in [6, 6.07) is 16.5. The lowest BCUT2D eigenvalue weighted by atomic mass is 10.1. The van der Waals surface area contributed by atoms with Crippen LogP contribution in [0.25, 0.3) is 22.7 Å². The number of aromatic nitrogens is 2. The molecule has 0 aliphatic carbocycles. The number of nitrogens with zero attached hydrogens (tertiary/aromatic N) is 2. The van der Waals surface area contributed by atoms with Crippen LogP contribution >= 0.6 is 11.6 Å². The number of anilines is 1. The van der Waals surface area contributed by atoms with Crippen LogP contribution in [-0.2, 0) is 11.2 Å². The molecule has 0 fully saturated rings. The molecule has 0 radical (unpaired) electrons. The summed E-state index contributed by atoms with van der Waals surface area (Å²) in [5.41, 5.74) is 4.51. The van der Waals surface area contributed by atoms with Gasteiger partial charge in [0, 0.05) is 22.5 Å². The van der Waals surface area contributed by atoms with E-state index in [0.717, 1.165) is 22.4 Å². The molecular formula is C21H16ClN3O2. The molecule has 1 N–H and O–H groups in total. The summed E-state index contributed by atoms with van der Waals surface area (Å²) in [6.07, 6.45) is 1.95. The first-order valence-corrected chi connectivity index (χ1v) is 8.84. The Balaban J connectivity index is 1.58. The zero-order chi connectivity index (χ0) is 18.8. The predicted molar refractivity (Wildman–Crippen MR) is 106 cm³/mol. The molecule has 2 heterocycles. The van der Waals surface area contributed by atoms with Crippen molar-refractivity contribution in [2.24, 2.45) is 0 Å². The second kappa shape index (κ2) is 7.21. The molecule has 0 bridgehead atoms. The van der Waals surface area contributed by atoms with Crippen molar-refractivity contribution in [3.8, 4) is 11.5 Å². The molecule has 0 aliphatic rings. The molecule has 4 aromatic rings. The van der Waals surface area contributed by atoms with Gasteiger partial charge in [0.15, 0.2) is 11.2 Å². The van der Waals surface area contributed by atoms with Gasteiger partial charge in [-0.2, -0.15) is 4.98 Å². The van der Waals surface area contributed by atoms with Crippen LogP contribution in [0.2, 0.25) is 5.02 Å². The standard InChI is InChI=1S/C21H16ClN3O2/c1-13-16(21-25-20-18(27-21)6-3-11-23-20)4-2-5-17(13)24-19(26)12-14-7-9-15(22)10-8-14/h2-11H,12H2,1H3,(H,24,26). The fraction of sp³-hybridized carbons (Fsp3) is 0.0952. The molecule has 0 spiro atoms. The van der Waals surface area contributed by atoms with Crippen molar-refractivity contribution >= 4 is 34.4 Å². The van der Waals surface area contributed by atoms with Gasteiger partial charge in [0.1, 0.15) is 0 Å². The maximum absolute atomic E-state index is 12.4. The van der Waals surface area contributed by atoms with E-state index in [1.54, 1.807) is 24.4 Å². The Bertz CT molecular complexity index is 1090. The SMILES string of the molecule is Cc1c(NC(=O)Cc2ccc(Cl)cc2)cccc1-c1nc2ncccc2o1. The van der Waals surface area contributed by atoms with Crippen molar-refractivity contribution < 1.29 is 9.21 Å². The van der Waals surface area contributed by atoms with E-state index in [0.29, 0.717) is 22.1 Å². The van der Waals surface area contributed by atoms with Crippen molar-refractivity contribution in [3.63, 3.8) is 0 Å². The highest BCUT2D eigenvalue weighted by Gasteiger charge is 2.14. The number of hydrogen-bond donors (Lipinski definition) is 1. The lowest BCUT2D eigenvalue weighted by Gasteiger charge is -2.11. The van der Waals surface area contributed by atoms with Gasteiger partial charge in [0.2, 0.25) is 11.8 Å². The van der Waals surface area contributed by atoms with Crippen molar-refractivity contribution in [2.45, 2.75) is 13.3 Å². The van der Waals surface area contributed by atoms with E-state index in [4.69, 9.17) is 16.0 Å². The van der Waals surface area contributed by atoms with Crippen molar-refractivity contribution in [2.75, 3.05) is 5.32 Å². The minimum atomic E-state index is -0.100. The number of rotatable bonds is 4. The van der Waals surface area contributed by atoms with Gasteiger partial charge in [-0.1, -0.05) is 29.8 Å². The molecule has 2 aromatic heterocycles. The van der Waals surface area contributed by atoms with Gasteiger partial charge in [0.05, 0.1) is 6.42 Å². The number of benzene rings is 2. The average molecular weight is 378 g/mol. The highest BCUT2D eigenvalue weighted by molar-refractivity contribution is 6.30. The number of amides is 1. The molecule has 6 heteroatoms. The van der Waals surface area contributed by atoms with Gasteiger partial charge in [-0.15, -0.1) is 0 Å². The first-order valence-electron chi connectivity index (χ1n) is 8.46. The van der Waals surface area contributed by atoms with Crippen LogP contribution in [-0.4, -0.2) is 15.9 Å². The van der Waals surface area contributed by atoms with Crippen LogP contribution in [0.15, 0.2) is 65.2 Å². The molecule has 0 saturated carbocycles. The van der Waals surface area contributed by atoms with Crippen molar-refractivity contribution in [1.82, 2.24) is 9.97 Å². The Morgan fingerprint density at radius 2 is 1.93 bits per heavy atom. The van der Waals surface area contributed by atoms with Crippen LogP contribution < -0.4 is 5.32 Å². The monoisotopic (exact) mass is 377 g/mol. The Morgan fingerprint density at radius 1 is 1.11 bits per heavy atom. The van der Waals surface area contributed by atoms with Crippen LogP contribution in [0.1, 0.15) is 11.1 Å². The molecule has 5 nitrogen and oxygen atoms in total. The van der Waals surface area contributed by atoms with Gasteiger partial charge in [-0.25, -0.2) is 4.98 Å². The molecule has 0 atom stereocenters. The minimum absolute atomic E-state index is 0.100. The number of halogens is 1. The van der Waals surface area contributed by atoms with E-state index >= 15 is 0 Å². The number of hydrogen-bond acceptors (Lipinski definition) is 4. The predicted octanol–water partition coefficient (Wildman–Crippen LogP) is 5.03. The van der Waals surface area contributed by atoms with E-state index in [-0.39, 0.29) is 12.3 Å². The normalized spacial score (nSPS) is 10.9. The fourth-order valence-corrected chi connectivity index (χ4v) is 3.00. The zero-order valence-electron chi connectivity index (χ0n) is 14.6. The quantitative estimate of drug-likeness (QED) is 0.541. The Labute approximate surface area is 161 Å². The first kappa shape index (κ1) is 17.2. The smallest absolute Gasteiger partial charge is 0.229 e. The number of carbonyl (C=O) groups excluding carboxylic acids is 1.